The van der Waals surface area contributed by atoms with Crippen LogP contribution < -0.4 is 10.6 Å². The van der Waals surface area contributed by atoms with E-state index in [0.29, 0.717) is 0 Å². The van der Waals surface area contributed by atoms with E-state index in [1.54, 1.807) is 0 Å². The monoisotopic (exact) mass is 264 g/mol. The molecule has 0 spiro atoms. The van der Waals surface area contributed by atoms with Gasteiger partial charge in [-0.15, -0.1) is 0 Å². The third kappa shape index (κ3) is 3.15. The molecule has 0 saturated carbocycles. The normalized spacial score (nSPS) is 22.5. The fraction of sp³-hybridized carbons (Fsp3) is 0.714. The zero-order valence-corrected chi connectivity index (χ0v) is 12.3. The maximum Gasteiger partial charge on any atom is 0.135 e. The quantitative estimate of drug-likeness (QED) is 0.855. The van der Waals surface area contributed by atoms with E-state index in [1.807, 2.05) is 14.0 Å². The van der Waals surface area contributed by atoms with Gasteiger partial charge in [-0.2, -0.15) is 0 Å². The minimum atomic E-state index is -0.0202. The molecule has 106 valence electrons. The van der Waals surface area contributed by atoms with Gasteiger partial charge in [0.15, 0.2) is 0 Å². The fourth-order valence-electron chi connectivity index (χ4n) is 2.31. The number of ether oxygens (including phenoxy) is 1. The lowest BCUT2D eigenvalue weighted by Gasteiger charge is -2.26. The Balaban J connectivity index is 2.29. The molecule has 1 aromatic heterocycles. The zero-order chi connectivity index (χ0) is 13.9. The number of aromatic nitrogens is 2. The van der Waals surface area contributed by atoms with Crippen LogP contribution in [0.1, 0.15) is 38.1 Å². The predicted molar refractivity (Wildman–Crippen MR) is 77.8 cm³/mol. The summed E-state index contributed by atoms with van der Waals surface area (Å²) in [5, 5.41) is 6.69. The summed E-state index contributed by atoms with van der Waals surface area (Å²) in [6, 6.07) is 0. The Morgan fingerprint density at radius 3 is 2.63 bits per heavy atom. The van der Waals surface area contributed by atoms with Crippen LogP contribution in [0.5, 0.6) is 0 Å². The highest BCUT2D eigenvalue weighted by Crippen LogP contribution is 2.27. The van der Waals surface area contributed by atoms with Gasteiger partial charge in [-0.1, -0.05) is 6.92 Å². The topological polar surface area (TPSA) is 59.1 Å². The number of hydrogen-bond acceptors (Lipinski definition) is 5. The van der Waals surface area contributed by atoms with Crippen molar-refractivity contribution in [3.63, 3.8) is 0 Å². The van der Waals surface area contributed by atoms with Gasteiger partial charge in [0.25, 0.3) is 0 Å². The Kier molecular flexibility index (Phi) is 4.24. The largest absolute Gasteiger partial charge is 0.379 e. The van der Waals surface area contributed by atoms with E-state index >= 15 is 0 Å². The first-order valence-corrected chi connectivity index (χ1v) is 6.99. The minimum Gasteiger partial charge on any atom is -0.379 e. The van der Waals surface area contributed by atoms with Crippen LogP contribution in [0.4, 0.5) is 11.6 Å². The second-order valence-corrected chi connectivity index (χ2v) is 5.45. The van der Waals surface area contributed by atoms with Gasteiger partial charge in [-0.3, -0.25) is 0 Å². The first-order chi connectivity index (χ1) is 9.08. The molecule has 0 bridgehead atoms. The van der Waals surface area contributed by atoms with Crippen LogP contribution >= 0.6 is 0 Å². The van der Waals surface area contributed by atoms with Crippen LogP contribution in [-0.4, -0.2) is 35.8 Å². The highest BCUT2D eigenvalue weighted by Gasteiger charge is 2.30. The lowest BCUT2D eigenvalue weighted by atomic mass is 10.0. The molecule has 0 aliphatic carbocycles. The van der Waals surface area contributed by atoms with Crippen molar-refractivity contribution >= 4 is 11.6 Å². The molecule has 1 saturated heterocycles. The third-order valence-corrected chi connectivity index (χ3v) is 3.54. The minimum absolute atomic E-state index is 0.0202. The van der Waals surface area contributed by atoms with Gasteiger partial charge < -0.3 is 15.4 Å². The maximum atomic E-state index is 5.48. The van der Waals surface area contributed by atoms with Gasteiger partial charge in [0.1, 0.15) is 17.5 Å². The highest BCUT2D eigenvalue weighted by atomic mass is 16.5. The van der Waals surface area contributed by atoms with E-state index in [9.17, 15) is 0 Å². The van der Waals surface area contributed by atoms with Crippen molar-refractivity contribution in [3.8, 4) is 0 Å². The van der Waals surface area contributed by atoms with Gasteiger partial charge in [-0.05, 0) is 26.7 Å². The van der Waals surface area contributed by atoms with E-state index in [-0.39, 0.29) is 5.54 Å². The maximum absolute atomic E-state index is 5.48. The van der Waals surface area contributed by atoms with Gasteiger partial charge in [0.05, 0.1) is 12.1 Å². The van der Waals surface area contributed by atoms with Gasteiger partial charge in [-0.25, -0.2) is 9.97 Å². The van der Waals surface area contributed by atoms with Crippen LogP contribution in [0, 0.1) is 6.92 Å². The highest BCUT2D eigenvalue weighted by molar-refractivity contribution is 5.58. The Hall–Kier alpha value is -1.36. The van der Waals surface area contributed by atoms with Crippen LogP contribution in [0.15, 0.2) is 0 Å². The SMILES string of the molecule is CCCc1nc(NC)c(C)c(NC2(C)CCOC2)n1. The van der Waals surface area contributed by atoms with Crippen molar-refractivity contribution < 1.29 is 4.74 Å². The molecule has 1 aliphatic rings. The molecule has 19 heavy (non-hydrogen) atoms. The molecule has 2 N–H and O–H groups in total. The first kappa shape index (κ1) is 14.1. The van der Waals surface area contributed by atoms with Crippen molar-refractivity contribution in [1.82, 2.24) is 9.97 Å². The summed E-state index contributed by atoms with van der Waals surface area (Å²) < 4.78 is 5.48. The number of nitrogens with zero attached hydrogens (tertiary/aromatic N) is 2. The smallest absolute Gasteiger partial charge is 0.135 e. The molecule has 2 rings (SSSR count). The van der Waals surface area contributed by atoms with Crippen molar-refractivity contribution in [3.05, 3.63) is 11.4 Å². The zero-order valence-electron chi connectivity index (χ0n) is 12.3. The summed E-state index contributed by atoms with van der Waals surface area (Å²) >= 11 is 0. The third-order valence-electron chi connectivity index (χ3n) is 3.54. The molecule has 1 fully saturated rings. The number of hydrogen-bond donors (Lipinski definition) is 2. The lowest BCUT2D eigenvalue weighted by Crippen LogP contribution is -2.36. The fourth-order valence-corrected chi connectivity index (χ4v) is 2.31. The van der Waals surface area contributed by atoms with Crippen molar-refractivity contribution in [2.45, 2.75) is 45.6 Å². The van der Waals surface area contributed by atoms with Crippen molar-refractivity contribution in [2.24, 2.45) is 0 Å². The van der Waals surface area contributed by atoms with E-state index in [4.69, 9.17) is 4.74 Å². The molecular formula is C14H24N4O. The second kappa shape index (κ2) is 5.74. The number of rotatable bonds is 5. The second-order valence-electron chi connectivity index (χ2n) is 5.45. The van der Waals surface area contributed by atoms with E-state index in [0.717, 1.165) is 55.5 Å². The van der Waals surface area contributed by atoms with Crippen LogP contribution in [0.2, 0.25) is 0 Å². The van der Waals surface area contributed by atoms with Gasteiger partial charge in [0, 0.05) is 25.6 Å². The van der Waals surface area contributed by atoms with E-state index in [2.05, 4.69) is 34.4 Å². The van der Waals surface area contributed by atoms with Crippen molar-refractivity contribution in [2.75, 3.05) is 30.9 Å². The summed E-state index contributed by atoms with van der Waals surface area (Å²) in [4.78, 5) is 9.21. The van der Waals surface area contributed by atoms with Crippen molar-refractivity contribution in [1.29, 1.82) is 0 Å². The van der Waals surface area contributed by atoms with Gasteiger partial charge >= 0.3 is 0 Å². The van der Waals surface area contributed by atoms with Crippen LogP contribution in [0.3, 0.4) is 0 Å². The summed E-state index contributed by atoms with van der Waals surface area (Å²) in [6.45, 7) is 7.91. The molecule has 0 aromatic carbocycles. The van der Waals surface area contributed by atoms with Crippen LogP contribution in [-0.2, 0) is 11.2 Å². The number of nitrogens with one attached hydrogen (secondary N) is 2. The average Bonchev–Trinajstić information content (AvgIpc) is 2.80. The average molecular weight is 264 g/mol. The first-order valence-electron chi connectivity index (χ1n) is 6.99. The molecule has 1 atom stereocenters. The number of aryl methyl sites for hydroxylation is 1. The lowest BCUT2D eigenvalue weighted by molar-refractivity contribution is 0.185. The summed E-state index contributed by atoms with van der Waals surface area (Å²) in [6.07, 6.45) is 2.96. The molecule has 0 radical (unpaired) electrons. The Morgan fingerprint density at radius 1 is 1.32 bits per heavy atom. The predicted octanol–water partition coefficient (Wildman–Crippen LogP) is 2.37. The van der Waals surface area contributed by atoms with Gasteiger partial charge in [0.2, 0.25) is 0 Å². The molecule has 1 aromatic rings. The summed E-state index contributed by atoms with van der Waals surface area (Å²) in [5.74, 6) is 2.72. The van der Waals surface area contributed by atoms with E-state index < -0.39 is 0 Å². The Morgan fingerprint density at radius 2 is 2.05 bits per heavy atom. The number of anilines is 2. The molecule has 5 heteroatoms. The summed E-state index contributed by atoms with van der Waals surface area (Å²) in [7, 11) is 1.90. The van der Waals surface area contributed by atoms with Crippen LogP contribution in [0.25, 0.3) is 0 Å². The molecule has 2 heterocycles. The standard InChI is InChI=1S/C14H24N4O/c1-5-6-11-16-12(15-4)10(2)13(17-11)18-14(3)7-8-19-9-14/h5-9H2,1-4H3,(H2,15,16,17,18). The Labute approximate surface area is 115 Å². The molecule has 1 unspecified atom stereocenters. The molecule has 0 amide bonds. The van der Waals surface area contributed by atoms with E-state index in [1.165, 1.54) is 0 Å². The molecular weight excluding hydrogens is 240 g/mol. The molecule has 1 aliphatic heterocycles. The summed E-state index contributed by atoms with van der Waals surface area (Å²) in [5.41, 5.74) is 1.05. The molecule has 5 nitrogen and oxygen atoms in total. The Bertz CT molecular complexity index is 441.